The molecule has 2 aliphatic rings. The van der Waals surface area contributed by atoms with Crippen LogP contribution in [0.25, 0.3) is 0 Å². The minimum Gasteiger partial charge on any atom is -0.391 e. The van der Waals surface area contributed by atoms with Gasteiger partial charge in [-0.2, -0.15) is 0 Å². The van der Waals surface area contributed by atoms with Gasteiger partial charge < -0.3 is 10.6 Å². The van der Waals surface area contributed by atoms with Crippen LogP contribution in [0.1, 0.15) is 13.8 Å². The number of allylic oxidation sites excluding steroid dienone is 10. The van der Waals surface area contributed by atoms with Crippen molar-refractivity contribution in [3.8, 4) is 0 Å². The first-order valence-corrected chi connectivity index (χ1v) is 7.34. The number of rotatable bonds is 4. The van der Waals surface area contributed by atoms with Gasteiger partial charge >= 0.3 is 0 Å². The third-order valence-electron chi connectivity index (χ3n) is 2.76. The zero-order chi connectivity index (χ0) is 16.2. The predicted octanol–water partition coefficient (Wildman–Crippen LogP) is 2.35. The molecule has 0 spiro atoms. The maximum absolute atomic E-state index is 11.1. The van der Waals surface area contributed by atoms with Gasteiger partial charge in [0.15, 0.2) is 11.6 Å². The molecule has 0 aromatic rings. The molecule has 0 saturated carbocycles. The van der Waals surface area contributed by atoms with Crippen LogP contribution in [0.3, 0.4) is 0 Å². The topological polar surface area (TPSA) is 58.2 Å². The van der Waals surface area contributed by atoms with E-state index in [0.29, 0.717) is 11.1 Å². The molecule has 5 heteroatoms. The number of carbonyl (C=O) groups is 2. The quantitative estimate of drug-likeness (QED) is 0.558. The molecule has 0 saturated heterocycles. The molecule has 2 rings (SSSR count). The fourth-order valence-electron chi connectivity index (χ4n) is 1.62. The zero-order valence-corrected chi connectivity index (χ0v) is 14.9. The van der Waals surface area contributed by atoms with Crippen LogP contribution in [0.15, 0.2) is 72.2 Å². The second-order valence-electron chi connectivity index (χ2n) is 4.48. The molecule has 4 nitrogen and oxygen atoms in total. The summed E-state index contributed by atoms with van der Waals surface area (Å²) in [6.45, 7) is 5.66. The first-order valence-electron chi connectivity index (χ1n) is 7.34. The van der Waals surface area contributed by atoms with Crippen LogP contribution >= 0.6 is 0 Å². The third-order valence-corrected chi connectivity index (χ3v) is 2.76. The van der Waals surface area contributed by atoms with Gasteiger partial charge in [0, 0.05) is 57.1 Å². The summed E-state index contributed by atoms with van der Waals surface area (Å²) in [5, 5.41) is 5.96. The fourth-order valence-corrected chi connectivity index (χ4v) is 1.62. The summed E-state index contributed by atoms with van der Waals surface area (Å²) in [7, 11) is 0. The minimum absolute atomic E-state index is 0. The second-order valence-corrected chi connectivity index (χ2v) is 4.48. The minimum atomic E-state index is 0. The van der Waals surface area contributed by atoms with Crippen molar-refractivity contribution in [3.05, 3.63) is 72.2 Å². The van der Waals surface area contributed by atoms with Gasteiger partial charge in [-0.15, -0.1) is 0 Å². The van der Waals surface area contributed by atoms with E-state index in [1.54, 1.807) is 48.9 Å². The summed E-state index contributed by atoms with van der Waals surface area (Å²) < 4.78 is 0. The van der Waals surface area contributed by atoms with Crippen molar-refractivity contribution in [3.63, 3.8) is 0 Å². The van der Waals surface area contributed by atoms with Crippen LogP contribution in [0.4, 0.5) is 0 Å². The average Bonchev–Trinajstić information content (AvgIpc) is 2.54. The van der Waals surface area contributed by atoms with Crippen molar-refractivity contribution in [2.45, 2.75) is 13.8 Å². The molecule has 0 atom stereocenters. The van der Waals surface area contributed by atoms with E-state index in [9.17, 15) is 9.59 Å². The maximum Gasteiger partial charge on any atom is 0.187 e. The molecule has 0 aromatic heterocycles. The van der Waals surface area contributed by atoms with E-state index < -0.39 is 0 Å². The molecule has 2 aliphatic carbocycles. The van der Waals surface area contributed by atoms with Gasteiger partial charge in [0.05, 0.1) is 0 Å². The molecule has 0 radical (unpaired) electrons. The van der Waals surface area contributed by atoms with Crippen molar-refractivity contribution in [1.29, 1.82) is 0 Å². The monoisotopic (exact) mass is 404 g/mol. The Bertz CT molecular complexity index is 530. The van der Waals surface area contributed by atoms with Gasteiger partial charge in [0.2, 0.25) is 0 Å². The molecule has 126 valence electrons. The molecule has 0 aliphatic heterocycles. The molecule has 0 fully saturated rings. The normalized spacial score (nSPS) is 18.5. The SMILES string of the molecule is CCNC=C1C=CC=CC1=O.CCNC=C1C=CC=CC1=O.[Pd]. The second kappa shape index (κ2) is 12.6. The smallest absolute Gasteiger partial charge is 0.187 e. The molecular formula is C18H22N2O2Pd. The molecule has 0 amide bonds. The van der Waals surface area contributed by atoms with Crippen LogP contribution < -0.4 is 10.6 Å². The summed E-state index contributed by atoms with van der Waals surface area (Å²) in [6.07, 6.45) is 17.4. The van der Waals surface area contributed by atoms with Gasteiger partial charge in [-0.05, 0) is 38.2 Å². The van der Waals surface area contributed by atoms with E-state index in [4.69, 9.17) is 0 Å². The van der Waals surface area contributed by atoms with E-state index >= 15 is 0 Å². The maximum atomic E-state index is 11.1. The number of hydrogen-bond acceptors (Lipinski definition) is 4. The summed E-state index contributed by atoms with van der Waals surface area (Å²) in [4.78, 5) is 22.1. The summed E-state index contributed by atoms with van der Waals surface area (Å²) in [5.74, 6) is 0.127. The van der Waals surface area contributed by atoms with Crippen molar-refractivity contribution in [1.82, 2.24) is 10.6 Å². The predicted molar refractivity (Wildman–Crippen MR) is 90.1 cm³/mol. The van der Waals surface area contributed by atoms with E-state index in [0.717, 1.165) is 13.1 Å². The summed E-state index contributed by atoms with van der Waals surface area (Å²) >= 11 is 0. The summed E-state index contributed by atoms with van der Waals surface area (Å²) in [6, 6.07) is 0. The Morgan fingerprint density at radius 3 is 1.39 bits per heavy atom. The summed E-state index contributed by atoms with van der Waals surface area (Å²) in [5.41, 5.74) is 1.43. The Morgan fingerprint density at radius 1 is 0.739 bits per heavy atom. The molecule has 0 aromatic carbocycles. The molecule has 0 unspecified atom stereocenters. The van der Waals surface area contributed by atoms with Crippen LogP contribution in [-0.2, 0) is 30.0 Å². The Kier molecular flexibility index (Phi) is 11.5. The van der Waals surface area contributed by atoms with Crippen LogP contribution in [0.5, 0.6) is 0 Å². The number of hydrogen-bond donors (Lipinski definition) is 2. The largest absolute Gasteiger partial charge is 0.391 e. The van der Waals surface area contributed by atoms with Crippen LogP contribution in [-0.4, -0.2) is 24.7 Å². The van der Waals surface area contributed by atoms with Gasteiger partial charge in [-0.3, -0.25) is 9.59 Å². The fraction of sp³-hybridized carbons (Fsp3) is 0.222. The molecule has 0 bridgehead atoms. The van der Waals surface area contributed by atoms with E-state index in [1.165, 1.54) is 0 Å². The van der Waals surface area contributed by atoms with Crippen LogP contribution in [0, 0.1) is 0 Å². The van der Waals surface area contributed by atoms with E-state index in [1.807, 2.05) is 26.0 Å². The molecule has 2 N–H and O–H groups in total. The van der Waals surface area contributed by atoms with Crippen molar-refractivity contribution in [2.24, 2.45) is 0 Å². The number of nitrogens with one attached hydrogen (secondary N) is 2. The Hall–Kier alpha value is -1.96. The van der Waals surface area contributed by atoms with Crippen LogP contribution in [0.2, 0.25) is 0 Å². The Balaban J connectivity index is 0.000000403. The van der Waals surface area contributed by atoms with E-state index in [-0.39, 0.29) is 32.0 Å². The number of ketones is 2. The van der Waals surface area contributed by atoms with Gasteiger partial charge in [0.1, 0.15) is 0 Å². The Labute approximate surface area is 151 Å². The standard InChI is InChI=1S/2C9H11NO.Pd/c2*1-2-10-7-8-5-3-4-6-9(8)11;/h2*3-7,10H,2H2,1H3;. The zero-order valence-electron chi connectivity index (χ0n) is 13.3. The van der Waals surface area contributed by atoms with Crippen molar-refractivity contribution >= 4 is 11.6 Å². The third kappa shape index (κ3) is 8.30. The number of carbonyl (C=O) groups excluding carboxylic acids is 2. The van der Waals surface area contributed by atoms with Gasteiger partial charge in [0.25, 0.3) is 0 Å². The molecule has 0 heterocycles. The van der Waals surface area contributed by atoms with Crippen molar-refractivity contribution < 1.29 is 30.0 Å². The first-order chi connectivity index (χ1) is 10.7. The molecular weight excluding hydrogens is 383 g/mol. The average molecular weight is 405 g/mol. The van der Waals surface area contributed by atoms with Gasteiger partial charge in [-0.1, -0.05) is 24.3 Å². The Morgan fingerprint density at radius 2 is 1.09 bits per heavy atom. The van der Waals surface area contributed by atoms with Crippen molar-refractivity contribution in [2.75, 3.05) is 13.1 Å². The first kappa shape index (κ1) is 21.0. The van der Waals surface area contributed by atoms with E-state index in [2.05, 4.69) is 10.6 Å². The molecule has 23 heavy (non-hydrogen) atoms. The van der Waals surface area contributed by atoms with Gasteiger partial charge in [-0.25, -0.2) is 0 Å².